The molecule has 6 nitrogen and oxygen atoms in total. The molecule has 4 aromatic rings. The van der Waals surface area contributed by atoms with Crippen LogP contribution in [0.15, 0.2) is 70.0 Å². The Morgan fingerprint density at radius 1 is 1.04 bits per heavy atom. The lowest BCUT2D eigenvalue weighted by Crippen LogP contribution is -2.23. The van der Waals surface area contributed by atoms with Crippen molar-refractivity contribution in [3.63, 3.8) is 0 Å². The molecule has 0 spiro atoms. The Balaban J connectivity index is 1.51. The summed E-state index contributed by atoms with van der Waals surface area (Å²) < 4.78 is 6.71. The summed E-state index contributed by atoms with van der Waals surface area (Å²) in [6, 6.07) is 18.4. The van der Waals surface area contributed by atoms with Gasteiger partial charge < -0.3 is 4.52 Å². The molecule has 2 aromatic heterocycles. The third-order valence-corrected chi connectivity index (χ3v) is 4.54. The van der Waals surface area contributed by atoms with Gasteiger partial charge in [-0.25, -0.2) is 4.68 Å². The van der Waals surface area contributed by atoms with Crippen molar-refractivity contribution in [2.45, 2.75) is 19.9 Å². The zero-order valence-electron chi connectivity index (χ0n) is 15.2. The highest BCUT2D eigenvalue weighted by Crippen LogP contribution is 2.20. The zero-order valence-corrected chi connectivity index (χ0v) is 15.9. The Bertz CT molecular complexity index is 1170. The van der Waals surface area contributed by atoms with Crippen molar-refractivity contribution in [2.75, 3.05) is 0 Å². The summed E-state index contributed by atoms with van der Waals surface area (Å²) >= 11 is 6.04. The maximum Gasteiger partial charge on any atom is 0.266 e. The lowest BCUT2D eigenvalue weighted by atomic mass is 10.1. The average molecular weight is 393 g/mol. The monoisotopic (exact) mass is 392 g/mol. The number of aryl methyl sites for hydroxylation is 3. The van der Waals surface area contributed by atoms with Crippen molar-refractivity contribution in [3.8, 4) is 22.6 Å². The summed E-state index contributed by atoms with van der Waals surface area (Å²) in [5.41, 5.74) is 3.38. The van der Waals surface area contributed by atoms with Crippen molar-refractivity contribution < 1.29 is 4.52 Å². The molecular weight excluding hydrogens is 376 g/mol. The fraction of sp³-hybridized carbons (Fsp3) is 0.143. The first-order chi connectivity index (χ1) is 13.6. The van der Waals surface area contributed by atoms with Crippen LogP contribution in [0.5, 0.6) is 0 Å². The van der Waals surface area contributed by atoms with Gasteiger partial charge in [-0.1, -0.05) is 58.7 Å². The quantitative estimate of drug-likeness (QED) is 0.509. The van der Waals surface area contributed by atoms with Crippen LogP contribution in [0, 0.1) is 6.92 Å². The largest absolute Gasteiger partial charge is 0.339 e. The number of aromatic nitrogens is 4. The van der Waals surface area contributed by atoms with E-state index in [1.165, 1.54) is 10.7 Å². The Morgan fingerprint density at radius 2 is 1.86 bits per heavy atom. The molecule has 0 unspecified atom stereocenters. The second-order valence-corrected chi connectivity index (χ2v) is 6.85. The van der Waals surface area contributed by atoms with Crippen molar-refractivity contribution in [2.24, 2.45) is 0 Å². The Labute approximate surface area is 166 Å². The van der Waals surface area contributed by atoms with Gasteiger partial charge in [-0.15, -0.1) is 0 Å². The molecule has 0 aliphatic heterocycles. The third-order valence-electron chi connectivity index (χ3n) is 4.30. The predicted molar refractivity (Wildman–Crippen MR) is 107 cm³/mol. The number of hydrogen-bond donors (Lipinski definition) is 0. The van der Waals surface area contributed by atoms with E-state index < -0.39 is 0 Å². The first-order valence-corrected chi connectivity index (χ1v) is 9.20. The molecule has 0 aliphatic rings. The van der Waals surface area contributed by atoms with E-state index in [0.29, 0.717) is 35.4 Å². The fourth-order valence-corrected chi connectivity index (χ4v) is 2.98. The van der Waals surface area contributed by atoms with Crippen LogP contribution in [-0.4, -0.2) is 19.9 Å². The molecule has 140 valence electrons. The van der Waals surface area contributed by atoms with Gasteiger partial charge in [-0.05, 0) is 25.1 Å². The molecule has 0 fully saturated rings. The third kappa shape index (κ3) is 4.02. The van der Waals surface area contributed by atoms with Crippen LogP contribution < -0.4 is 5.56 Å². The molecule has 0 saturated heterocycles. The van der Waals surface area contributed by atoms with Gasteiger partial charge in [0, 0.05) is 28.6 Å². The SMILES string of the molecule is Cc1ccc(-c2noc(CCn3nc(-c4cccc(Cl)c4)ccc3=O)n2)cc1. The molecule has 0 saturated carbocycles. The summed E-state index contributed by atoms with van der Waals surface area (Å²) in [6.45, 7) is 2.36. The second kappa shape index (κ2) is 7.78. The number of rotatable bonds is 5. The summed E-state index contributed by atoms with van der Waals surface area (Å²) in [5.74, 6) is 0.986. The predicted octanol–water partition coefficient (Wildman–Crippen LogP) is 4.16. The Morgan fingerprint density at radius 3 is 2.64 bits per heavy atom. The van der Waals surface area contributed by atoms with Crippen LogP contribution in [0.3, 0.4) is 0 Å². The normalized spacial score (nSPS) is 10.9. The molecule has 0 bridgehead atoms. The van der Waals surface area contributed by atoms with Gasteiger partial charge in [0.2, 0.25) is 11.7 Å². The van der Waals surface area contributed by atoms with Crippen LogP contribution in [0.1, 0.15) is 11.5 Å². The molecule has 28 heavy (non-hydrogen) atoms. The molecule has 2 heterocycles. The van der Waals surface area contributed by atoms with E-state index in [9.17, 15) is 4.79 Å². The topological polar surface area (TPSA) is 73.8 Å². The first kappa shape index (κ1) is 18.1. The van der Waals surface area contributed by atoms with Gasteiger partial charge in [0.05, 0.1) is 12.2 Å². The van der Waals surface area contributed by atoms with Crippen LogP contribution in [0.2, 0.25) is 5.02 Å². The van der Waals surface area contributed by atoms with Gasteiger partial charge >= 0.3 is 0 Å². The standard InChI is InChI=1S/C21H17ClN4O2/c1-14-5-7-15(8-6-14)21-23-19(28-25-21)11-12-26-20(27)10-9-18(24-26)16-3-2-4-17(22)13-16/h2-10,13H,11-12H2,1H3. The molecule has 0 N–H and O–H groups in total. The van der Waals surface area contributed by atoms with E-state index >= 15 is 0 Å². The molecule has 0 amide bonds. The molecule has 0 atom stereocenters. The minimum absolute atomic E-state index is 0.191. The van der Waals surface area contributed by atoms with Gasteiger partial charge in [-0.3, -0.25) is 4.79 Å². The van der Waals surface area contributed by atoms with Crippen molar-refractivity contribution in [1.82, 2.24) is 19.9 Å². The maximum absolute atomic E-state index is 12.2. The smallest absolute Gasteiger partial charge is 0.266 e. The van der Waals surface area contributed by atoms with E-state index in [4.69, 9.17) is 16.1 Å². The molecule has 4 rings (SSSR count). The van der Waals surface area contributed by atoms with Crippen molar-refractivity contribution >= 4 is 11.6 Å². The van der Waals surface area contributed by atoms with Gasteiger partial charge in [-0.2, -0.15) is 10.1 Å². The lowest BCUT2D eigenvalue weighted by molar-refractivity contribution is 0.368. The Kier molecular flexibility index (Phi) is 5.04. The molecule has 0 radical (unpaired) electrons. The minimum atomic E-state index is -0.191. The average Bonchev–Trinajstić information content (AvgIpc) is 3.17. The van der Waals surface area contributed by atoms with Gasteiger partial charge in [0.25, 0.3) is 5.56 Å². The van der Waals surface area contributed by atoms with E-state index in [1.54, 1.807) is 12.1 Å². The van der Waals surface area contributed by atoms with Crippen LogP contribution in [0.4, 0.5) is 0 Å². The molecule has 0 aliphatic carbocycles. The van der Waals surface area contributed by atoms with E-state index in [2.05, 4.69) is 15.2 Å². The molecule has 2 aromatic carbocycles. The van der Waals surface area contributed by atoms with Crippen molar-refractivity contribution in [1.29, 1.82) is 0 Å². The number of benzene rings is 2. The Hall–Kier alpha value is -3.25. The highest BCUT2D eigenvalue weighted by atomic mass is 35.5. The van der Waals surface area contributed by atoms with E-state index in [0.717, 1.165) is 16.7 Å². The maximum atomic E-state index is 12.2. The zero-order chi connectivity index (χ0) is 19.5. The highest BCUT2D eigenvalue weighted by molar-refractivity contribution is 6.30. The second-order valence-electron chi connectivity index (χ2n) is 6.42. The van der Waals surface area contributed by atoms with Crippen molar-refractivity contribution in [3.05, 3.63) is 87.5 Å². The van der Waals surface area contributed by atoms with Crippen LogP contribution >= 0.6 is 11.6 Å². The summed E-state index contributed by atoms with van der Waals surface area (Å²) in [7, 11) is 0. The first-order valence-electron chi connectivity index (χ1n) is 8.82. The summed E-state index contributed by atoms with van der Waals surface area (Å²) in [5, 5.41) is 9.06. The lowest BCUT2D eigenvalue weighted by Gasteiger charge is -2.06. The van der Waals surface area contributed by atoms with Crippen LogP contribution in [-0.2, 0) is 13.0 Å². The number of halogens is 1. The number of hydrogen-bond acceptors (Lipinski definition) is 5. The highest BCUT2D eigenvalue weighted by Gasteiger charge is 2.10. The minimum Gasteiger partial charge on any atom is -0.339 e. The summed E-state index contributed by atoms with van der Waals surface area (Å²) in [4.78, 5) is 16.6. The van der Waals surface area contributed by atoms with Gasteiger partial charge in [0.15, 0.2) is 0 Å². The number of nitrogens with zero attached hydrogens (tertiary/aromatic N) is 4. The molecular formula is C21H17ClN4O2. The van der Waals surface area contributed by atoms with Crippen LogP contribution in [0.25, 0.3) is 22.6 Å². The van der Waals surface area contributed by atoms with E-state index in [-0.39, 0.29) is 5.56 Å². The summed E-state index contributed by atoms with van der Waals surface area (Å²) in [6.07, 6.45) is 0.408. The van der Waals surface area contributed by atoms with Gasteiger partial charge in [0.1, 0.15) is 0 Å². The molecule has 7 heteroatoms. The van der Waals surface area contributed by atoms with E-state index in [1.807, 2.05) is 49.4 Å². The fourth-order valence-electron chi connectivity index (χ4n) is 2.79.